The van der Waals surface area contributed by atoms with Crippen LogP contribution in [0, 0.1) is 6.92 Å². The van der Waals surface area contributed by atoms with Gasteiger partial charge in [0.05, 0.1) is 32.5 Å². The van der Waals surface area contributed by atoms with Crippen LogP contribution in [0.4, 0.5) is 5.69 Å². The van der Waals surface area contributed by atoms with Crippen LogP contribution in [0.15, 0.2) is 59.1 Å². The maximum Gasteiger partial charge on any atom is 0.259 e. The highest BCUT2D eigenvalue weighted by molar-refractivity contribution is 7.21. The zero-order valence-corrected chi connectivity index (χ0v) is 18.2. The molecular weight excluding hydrogens is 408 g/mol. The van der Waals surface area contributed by atoms with Crippen LogP contribution >= 0.6 is 11.3 Å². The van der Waals surface area contributed by atoms with E-state index in [2.05, 4.69) is 15.5 Å². The molecule has 0 unspecified atom stereocenters. The monoisotopic (exact) mass is 428 g/mol. The number of nitrogens with zero attached hydrogens (tertiary/aromatic N) is 3. The molecule has 5 aromatic rings. The molecule has 0 fully saturated rings. The van der Waals surface area contributed by atoms with Crippen LogP contribution in [0.3, 0.4) is 0 Å². The van der Waals surface area contributed by atoms with Gasteiger partial charge in [0, 0.05) is 11.3 Å². The van der Waals surface area contributed by atoms with Crippen molar-refractivity contribution < 1.29 is 9.32 Å². The first-order chi connectivity index (χ1) is 15.0. The molecule has 0 saturated heterocycles. The summed E-state index contributed by atoms with van der Waals surface area (Å²) in [5.74, 6) is -0.0782. The molecule has 0 aliphatic heterocycles. The van der Waals surface area contributed by atoms with Crippen molar-refractivity contribution >= 4 is 44.2 Å². The summed E-state index contributed by atoms with van der Waals surface area (Å²) in [5.41, 5.74) is 4.85. The number of amides is 1. The van der Waals surface area contributed by atoms with Crippen molar-refractivity contribution in [2.45, 2.75) is 26.7 Å². The Kier molecular flexibility index (Phi) is 4.75. The molecule has 6 nitrogen and oxygen atoms in total. The second-order valence-electron chi connectivity index (χ2n) is 7.68. The second-order valence-corrected chi connectivity index (χ2v) is 8.71. The van der Waals surface area contributed by atoms with Gasteiger partial charge in [-0.3, -0.25) is 4.79 Å². The van der Waals surface area contributed by atoms with Crippen LogP contribution in [0.1, 0.15) is 41.5 Å². The number of pyridine rings is 1. The summed E-state index contributed by atoms with van der Waals surface area (Å²) in [5, 5.41) is 8.59. The van der Waals surface area contributed by atoms with E-state index in [1.807, 2.05) is 75.4 Å². The van der Waals surface area contributed by atoms with E-state index >= 15 is 0 Å². The molecule has 3 heterocycles. The van der Waals surface area contributed by atoms with Gasteiger partial charge in [-0.1, -0.05) is 43.3 Å². The van der Waals surface area contributed by atoms with Crippen LogP contribution < -0.4 is 5.32 Å². The van der Waals surface area contributed by atoms with E-state index in [1.54, 1.807) is 11.3 Å². The van der Waals surface area contributed by atoms with Gasteiger partial charge in [-0.2, -0.15) is 0 Å². The maximum absolute atomic E-state index is 13.4. The molecule has 0 saturated carbocycles. The Hall–Kier alpha value is -3.58. The zero-order valence-electron chi connectivity index (χ0n) is 17.3. The first kappa shape index (κ1) is 19.4. The van der Waals surface area contributed by atoms with E-state index in [0.29, 0.717) is 28.0 Å². The lowest BCUT2D eigenvalue weighted by Gasteiger charge is -2.12. The summed E-state index contributed by atoms with van der Waals surface area (Å²) in [4.78, 5) is 22.6. The predicted molar refractivity (Wildman–Crippen MR) is 124 cm³/mol. The number of rotatable bonds is 4. The Bertz CT molecular complexity index is 1400. The first-order valence-electron chi connectivity index (χ1n) is 10.0. The van der Waals surface area contributed by atoms with E-state index in [-0.39, 0.29) is 11.8 Å². The molecule has 0 spiro atoms. The average molecular weight is 429 g/mol. The number of aromatic nitrogens is 3. The van der Waals surface area contributed by atoms with E-state index in [1.165, 1.54) is 0 Å². The Labute approximate surface area is 182 Å². The maximum atomic E-state index is 13.4. The van der Waals surface area contributed by atoms with Crippen molar-refractivity contribution in [1.29, 1.82) is 0 Å². The molecule has 2 aromatic carbocycles. The third kappa shape index (κ3) is 3.47. The Morgan fingerprint density at radius 1 is 1.06 bits per heavy atom. The number of benzene rings is 2. The van der Waals surface area contributed by atoms with Crippen molar-refractivity contribution in [2.75, 3.05) is 5.32 Å². The average Bonchev–Trinajstić information content (AvgIpc) is 3.37. The topological polar surface area (TPSA) is 80.9 Å². The lowest BCUT2D eigenvalue weighted by atomic mass is 10.0. The van der Waals surface area contributed by atoms with Gasteiger partial charge in [0.1, 0.15) is 5.01 Å². The summed E-state index contributed by atoms with van der Waals surface area (Å²) in [6, 6.07) is 17.6. The smallest absolute Gasteiger partial charge is 0.259 e. The highest BCUT2D eigenvalue weighted by Gasteiger charge is 2.21. The number of carbonyl (C=O) groups is 1. The van der Waals surface area contributed by atoms with Crippen LogP contribution in [-0.2, 0) is 0 Å². The Morgan fingerprint density at radius 2 is 1.84 bits per heavy atom. The van der Waals surface area contributed by atoms with Gasteiger partial charge >= 0.3 is 0 Å². The fourth-order valence-electron chi connectivity index (χ4n) is 3.54. The number of aryl methyl sites for hydroxylation is 1. The van der Waals surface area contributed by atoms with Crippen molar-refractivity contribution in [1.82, 2.24) is 15.1 Å². The van der Waals surface area contributed by atoms with Crippen molar-refractivity contribution in [3.05, 3.63) is 71.5 Å². The highest BCUT2D eigenvalue weighted by Crippen LogP contribution is 2.35. The molecule has 1 N–H and O–H groups in total. The van der Waals surface area contributed by atoms with Gasteiger partial charge < -0.3 is 9.84 Å². The molecule has 154 valence electrons. The molecule has 7 heteroatoms. The second kappa shape index (κ2) is 7.59. The van der Waals surface area contributed by atoms with Crippen LogP contribution in [0.2, 0.25) is 0 Å². The molecule has 5 rings (SSSR count). The number of carbonyl (C=O) groups excluding carboxylic acids is 1. The standard InChI is InChI=1S/C24H20N4O2S/c1-13(2)19-12-16(21-14(3)28-30-23(21)26-19)22(29)25-17-9-5-4-8-15(17)24-27-18-10-6-7-11-20(18)31-24/h4-13H,1-3H3,(H,25,29). The summed E-state index contributed by atoms with van der Waals surface area (Å²) < 4.78 is 6.47. The van der Waals surface area contributed by atoms with E-state index < -0.39 is 0 Å². The van der Waals surface area contributed by atoms with Crippen molar-refractivity contribution in [3.63, 3.8) is 0 Å². The SMILES string of the molecule is Cc1noc2nc(C(C)C)cc(C(=O)Nc3ccccc3-c3nc4ccccc4s3)c12. The fraction of sp³-hybridized carbons (Fsp3) is 0.167. The third-order valence-electron chi connectivity index (χ3n) is 5.17. The molecule has 1 amide bonds. The summed E-state index contributed by atoms with van der Waals surface area (Å²) in [7, 11) is 0. The van der Waals surface area contributed by atoms with Gasteiger partial charge in [0.15, 0.2) is 0 Å². The molecule has 0 bridgehead atoms. The lowest BCUT2D eigenvalue weighted by Crippen LogP contribution is -2.14. The highest BCUT2D eigenvalue weighted by atomic mass is 32.1. The molecule has 0 aliphatic rings. The first-order valence-corrected chi connectivity index (χ1v) is 10.9. The van der Waals surface area contributed by atoms with E-state index in [0.717, 1.165) is 26.5 Å². The Balaban J connectivity index is 1.57. The lowest BCUT2D eigenvalue weighted by molar-refractivity contribution is 0.102. The zero-order chi connectivity index (χ0) is 21.5. The van der Waals surface area contributed by atoms with Gasteiger partial charge in [-0.25, -0.2) is 9.97 Å². The quantitative estimate of drug-likeness (QED) is 0.369. The number of thiazole rings is 1. The van der Waals surface area contributed by atoms with Crippen molar-refractivity contribution in [2.24, 2.45) is 0 Å². The van der Waals surface area contributed by atoms with Crippen LogP contribution in [-0.4, -0.2) is 21.0 Å². The van der Waals surface area contributed by atoms with Gasteiger partial charge in [-0.15, -0.1) is 11.3 Å². The molecule has 0 atom stereocenters. The van der Waals surface area contributed by atoms with Gasteiger partial charge in [0.25, 0.3) is 11.6 Å². The number of anilines is 1. The van der Waals surface area contributed by atoms with Crippen LogP contribution in [0.5, 0.6) is 0 Å². The minimum Gasteiger partial charge on any atom is -0.336 e. The number of fused-ring (bicyclic) bond motifs is 2. The fourth-order valence-corrected chi connectivity index (χ4v) is 4.55. The molecule has 0 radical (unpaired) electrons. The molecule has 0 aliphatic carbocycles. The number of hydrogen-bond acceptors (Lipinski definition) is 6. The molecule has 3 aromatic heterocycles. The number of nitrogens with one attached hydrogen (secondary N) is 1. The summed E-state index contributed by atoms with van der Waals surface area (Å²) in [6.45, 7) is 5.87. The van der Waals surface area contributed by atoms with Crippen LogP contribution in [0.25, 0.3) is 31.9 Å². The molecule has 31 heavy (non-hydrogen) atoms. The summed E-state index contributed by atoms with van der Waals surface area (Å²) in [6.07, 6.45) is 0. The van der Waals surface area contributed by atoms with Gasteiger partial charge in [0.2, 0.25) is 0 Å². The van der Waals surface area contributed by atoms with E-state index in [4.69, 9.17) is 9.51 Å². The summed E-state index contributed by atoms with van der Waals surface area (Å²) >= 11 is 1.60. The third-order valence-corrected chi connectivity index (χ3v) is 6.24. The van der Waals surface area contributed by atoms with Crippen molar-refractivity contribution in [3.8, 4) is 10.6 Å². The largest absolute Gasteiger partial charge is 0.336 e. The minimum atomic E-state index is -0.228. The normalized spacial score (nSPS) is 11.5. The number of hydrogen-bond donors (Lipinski definition) is 1. The predicted octanol–water partition coefficient (Wildman–Crippen LogP) is 6.18. The Morgan fingerprint density at radius 3 is 2.65 bits per heavy atom. The van der Waals surface area contributed by atoms with E-state index in [9.17, 15) is 4.79 Å². The minimum absolute atomic E-state index is 0.149. The van der Waals surface area contributed by atoms with Gasteiger partial charge in [-0.05, 0) is 43.2 Å². The number of para-hydroxylation sites is 2. The molecular formula is C24H20N4O2S.